The van der Waals surface area contributed by atoms with Crippen LogP contribution >= 0.6 is 11.6 Å². The van der Waals surface area contributed by atoms with E-state index in [1.807, 2.05) is 30.3 Å². The molecule has 1 saturated heterocycles. The molecule has 0 unspecified atom stereocenters. The topological polar surface area (TPSA) is 53.6 Å². The maximum Gasteiger partial charge on any atom is 0.291 e. The second-order valence-corrected chi connectivity index (χ2v) is 6.47. The number of benzene rings is 2. The minimum Gasteiger partial charge on any atom is -0.449 e. The van der Waals surface area contributed by atoms with E-state index >= 15 is 0 Å². The van der Waals surface area contributed by atoms with Crippen molar-refractivity contribution in [3.05, 3.63) is 58.8 Å². The number of halogens is 1. The van der Waals surface area contributed by atoms with Crippen LogP contribution in [0.5, 0.6) is 5.75 Å². The standard InChI is InChI=1S/C19H18ClN3O2/c20-14-3-1-13(2-4-14)11-18-19(24)22-16-12-15(5-6-17(16)25-18)23-9-7-21-8-10-23/h1-6,11-12,21H,7-10H2,(H,22,24)/b18-11-. The first-order valence-corrected chi connectivity index (χ1v) is 8.63. The van der Waals surface area contributed by atoms with Crippen LogP contribution in [0.2, 0.25) is 5.02 Å². The van der Waals surface area contributed by atoms with E-state index in [0.29, 0.717) is 16.5 Å². The number of carbonyl (C=O) groups is 1. The Balaban J connectivity index is 1.58. The van der Waals surface area contributed by atoms with Gasteiger partial charge in [0, 0.05) is 36.9 Å². The van der Waals surface area contributed by atoms with Gasteiger partial charge in [0.2, 0.25) is 0 Å². The second-order valence-electron chi connectivity index (χ2n) is 6.03. The van der Waals surface area contributed by atoms with Gasteiger partial charge in [-0.05, 0) is 42.0 Å². The van der Waals surface area contributed by atoms with Crippen molar-refractivity contribution in [2.45, 2.75) is 0 Å². The molecule has 0 bridgehead atoms. The van der Waals surface area contributed by atoms with E-state index in [9.17, 15) is 4.79 Å². The predicted molar refractivity (Wildman–Crippen MR) is 100 cm³/mol. The average Bonchev–Trinajstić information content (AvgIpc) is 2.64. The molecule has 2 aliphatic rings. The van der Waals surface area contributed by atoms with Gasteiger partial charge in [-0.25, -0.2) is 0 Å². The minimum atomic E-state index is -0.250. The largest absolute Gasteiger partial charge is 0.449 e. The lowest BCUT2D eigenvalue weighted by atomic mass is 10.1. The van der Waals surface area contributed by atoms with Gasteiger partial charge in [-0.15, -0.1) is 0 Å². The van der Waals surface area contributed by atoms with E-state index in [1.165, 1.54) is 0 Å². The molecule has 2 aromatic rings. The number of ether oxygens (including phenoxy) is 1. The lowest BCUT2D eigenvalue weighted by molar-refractivity contribution is -0.115. The van der Waals surface area contributed by atoms with Gasteiger partial charge in [0.05, 0.1) is 5.69 Å². The van der Waals surface area contributed by atoms with Crippen LogP contribution in [-0.2, 0) is 4.79 Å². The molecule has 0 saturated carbocycles. The lowest BCUT2D eigenvalue weighted by Gasteiger charge is -2.30. The number of nitrogens with zero attached hydrogens (tertiary/aromatic N) is 1. The molecule has 0 aliphatic carbocycles. The van der Waals surface area contributed by atoms with Crippen molar-refractivity contribution in [3.8, 4) is 5.75 Å². The molecule has 1 fully saturated rings. The third-order valence-corrected chi connectivity index (χ3v) is 4.56. The first kappa shape index (κ1) is 16.0. The zero-order chi connectivity index (χ0) is 17.2. The van der Waals surface area contributed by atoms with E-state index in [0.717, 1.165) is 37.4 Å². The number of fused-ring (bicyclic) bond motifs is 1. The monoisotopic (exact) mass is 355 g/mol. The molecule has 0 spiro atoms. The summed E-state index contributed by atoms with van der Waals surface area (Å²) in [5.74, 6) is 0.670. The molecule has 4 rings (SSSR count). The van der Waals surface area contributed by atoms with Crippen LogP contribution < -0.4 is 20.3 Å². The maximum atomic E-state index is 12.4. The summed E-state index contributed by atoms with van der Waals surface area (Å²) in [5, 5.41) is 6.91. The third kappa shape index (κ3) is 3.48. The van der Waals surface area contributed by atoms with Crippen molar-refractivity contribution in [3.63, 3.8) is 0 Å². The highest BCUT2D eigenvalue weighted by Crippen LogP contribution is 2.35. The first-order chi connectivity index (χ1) is 12.2. The first-order valence-electron chi connectivity index (χ1n) is 8.25. The fraction of sp³-hybridized carbons (Fsp3) is 0.211. The molecular weight excluding hydrogens is 338 g/mol. The predicted octanol–water partition coefficient (Wildman–Crippen LogP) is 3.12. The van der Waals surface area contributed by atoms with Crippen LogP contribution in [0.25, 0.3) is 6.08 Å². The van der Waals surface area contributed by atoms with Crippen LogP contribution in [0.4, 0.5) is 11.4 Å². The van der Waals surface area contributed by atoms with Gasteiger partial charge in [0.1, 0.15) is 0 Å². The Hall–Kier alpha value is -2.50. The highest BCUT2D eigenvalue weighted by atomic mass is 35.5. The van der Waals surface area contributed by atoms with Crippen molar-refractivity contribution < 1.29 is 9.53 Å². The molecule has 5 nitrogen and oxygen atoms in total. The van der Waals surface area contributed by atoms with Crippen LogP contribution in [0.3, 0.4) is 0 Å². The Morgan fingerprint density at radius 1 is 1.08 bits per heavy atom. The van der Waals surface area contributed by atoms with Gasteiger partial charge >= 0.3 is 0 Å². The van der Waals surface area contributed by atoms with Gasteiger partial charge in [0.15, 0.2) is 11.5 Å². The number of piperazine rings is 1. The van der Waals surface area contributed by atoms with Gasteiger partial charge in [0.25, 0.3) is 5.91 Å². The number of hydrogen-bond donors (Lipinski definition) is 2. The van der Waals surface area contributed by atoms with Crippen molar-refractivity contribution >= 4 is 35.0 Å². The van der Waals surface area contributed by atoms with E-state index < -0.39 is 0 Å². The summed E-state index contributed by atoms with van der Waals surface area (Å²) in [4.78, 5) is 14.7. The van der Waals surface area contributed by atoms with Crippen LogP contribution in [0.1, 0.15) is 5.56 Å². The zero-order valence-corrected chi connectivity index (χ0v) is 14.3. The van der Waals surface area contributed by atoms with Gasteiger partial charge in [-0.3, -0.25) is 4.79 Å². The molecule has 128 valence electrons. The molecule has 2 N–H and O–H groups in total. The molecule has 1 amide bonds. The molecule has 2 heterocycles. The molecule has 6 heteroatoms. The van der Waals surface area contributed by atoms with Gasteiger partial charge in [-0.2, -0.15) is 0 Å². The summed E-state index contributed by atoms with van der Waals surface area (Å²) in [6, 6.07) is 13.1. The highest BCUT2D eigenvalue weighted by molar-refractivity contribution is 6.30. The molecule has 0 atom stereocenters. The molecule has 0 radical (unpaired) electrons. The van der Waals surface area contributed by atoms with E-state index in [4.69, 9.17) is 16.3 Å². The summed E-state index contributed by atoms with van der Waals surface area (Å²) in [6.07, 6.45) is 1.71. The second kappa shape index (κ2) is 6.78. The minimum absolute atomic E-state index is 0.250. The smallest absolute Gasteiger partial charge is 0.291 e. The average molecular weight is 356 g/mol. The quantitative estimate of drug-likeness (QED) is 0.813. The summed E-state index contributed by atoms with van der Waals surface area (Å²) in [7, 11) is 0. The number of nitrogens with one attached hydrogen (secondary N) is 2. The number of rotatable bonds is 2. The Kier molecular flexibility index (Phi) is 4.34. The summed E-state index contributed by atoms with van der Waals surface area (Å²) in [5.41, 5.74) is 2.65. The third-order valence-electron chi connectivity index (χ3n) is 4.30. The summed E-state index contributed by atoms with van der Waals surface area (Å²) >= 11 is 5.89. The Morgan fingerprint density at radius 2 is 1.84 bits per heavy atom. The van der Waals surface area contributed by atoms with E-state index in [-0.39, 0.29) is 11.7 Å². The molecule has 2 aromatic carbocycles. The van der Waals surface area contributed by atoms with E-state index in [2.05, 4.69) is 15.5 Å². The highest BCUT2D eigenvalue weighted by Gasteiger charge is 2.23. The maximum absolute atomic E-state index is 12.4. The number of anilines is 2. The van der Waals surface area contributed by atoms with Gasteiger partial charge in [-0.1, -0.05) is 23.7 Å². The normalized spacial score (nSPS) is 18.5. The van der Waals surface area contributed by atoms with Crippen molar-refractivity contribution in [1.82, 2.24) is 5.32 Å². The molecule has 2 aliphatic heterocycles. The van der Waals surface area contributed by atoms with Crippen molar-refractivity contribution in [1.29, 1.82) is 0 Å². The Bertz CT molecular complexity index is 827. The SMILES string of the molecule is O=C1Nc2cc(N3CCNCC3)ccc2O/C1=C\c1ccc(Cl)cc1. The number of amides is 1. The summed E-state index contributed by atoms with van der Waals surface area (Å²) in [6.45, 7) is 3.84. The van der Waals surface area contributed by atoms with Crippen LogP contribution in [0, 0.1) is 0 Å². The molecule has 25 heavy (non-hydrogen) atoms. The zero-order valence-electron chi connectivity index (χ0n) is 13.6. The molecular formula is C19H18ClN3O2. The van der Waals surface area contributed by atoms with Crippen molar-refractivity contribution in [2.75, 3.05) is 36.4 Å². The van der Waals surface area contributed by atoms with E-state index in [1.54, 1.807) is 18.2 Å². The number of hydrogen-bond acceptors (Lipinski definition) is 4. The molecule has 0 aromatic heterocycles. The Morgan fingerprint density at radius 3 is 2.60 bits per heavy atom. The van der Waals surface area contributed by atoms with Gasteiger partial charge < -0.3 is 20.3 Å². The number of carbonyl (C=O) groups excluding carboxylic acids is 1. The van der Waals surface area contributed by atoms with Crippen LogP contribution in [-0.4, -0.2) is 32.1 Å². The van der Waals surface area contributed by atoms with Crippen molar-refractivity contribution in [2.24, 2.45) is 0 Å². The fourth-order valence-corrected chi connectivity index (χ4v) is 3.10. The summed E-state index contributed by atoms with van der Waals surface area (Å²) < 4.78 is 5.81. The Labute approximate surface area is 151 Å². The fourth-order valence-electron chi connectivity index (χ4n) is 2.98. The lowest BCUT2D eigenvalue weighted by Crippen LogP contribution is -2.43. The van der Waals surface area contributed by atoms with Crippen LogP contribution in [0.15, 0.2) is 48.2 Å².